The Morgan fingerprint density at radius 2 is 0.732 bits per heavy atom. The van der Waals surface area contributed by atoms with Crippen molar-refractivity contribution >= 4 is 62.6 Å². The smallest absolute Gasteiger partial charge is 0.335 e. The van der Waals surface area contributed by atoms with E-state index in [0.29, 0.717) is 32.9 Å². The van der Waals surface area contributed by atoms with Gasteiger partial charge in [-0.2, -0.15) is 0 Å². The maximum atomic E-state index is 13.1. The predicted octanol–water partition coefficient (Wildman–Crippen LogP) is 5.59. The highest BCUT2D eigenvalue weighted by Gasteiger charge is 2.17. The fourth-order valence-electron chi connectivity index (χ4n) is 4.33. The molecule has 5 N–H and O–H groups in total. The number of aromatic carboxylic acids is 3. The van der Waals surface area contributed by atoms with E-state index in [9.17, 15) is 39.3 Å². The molecule has 0 aliphatic rings. The second-order valence-electron chi connectivity index (χ2n) is 9.18. The molecule has 0 radical (unpaired) electrons. The van der Waals surface area contributed by atoms with Crippen LogP contribution in [0.3, 0.4) is 0 Å². The van der Waals surface area contributed by atoms with Crippen molar-refractivity contribution in [2.45, 2.75) is 0 Å². The molecule has 10 heteroatoms. The third-order valence-electron chi connectivity index (χ3n) is 6.39. The number of carboxylic acid groups (broad SMARTS) is 3. The molecule has 0 aliphatic carbocycles. The Kier molecular flexibility index (Phi) is 6.88. The van der Waals surface area contributed by atoms with Crippen molar-refractivity contribution in [2.24, 2.45) is 0 Å². The van der Waals surface area contributed by atoms with E-state index in [1.165, 1.54) is 30.3 Å². The molecule has 0 aromatic heterocycles. The topological polar surface area (TPSA) is 170 Å². The lowest BCUT2D eigenvalue weighted by Gasteiger charge is -2.11. The molecule has 0 saturated carbocycles. The van der Waals surface area contributed by atoms with Crippen LogP contribution in [0.4, 0.5) is 11.4 Å². The standard InChI is InChI=1S/C31H20N2O8/c34-27(32-25-7-5-16-9-20(29(36)37)3-1-18(16)14-25)22-11-23(13-24(12-22)31(40)41)28(35)33-26-8-6-17-10-21(30(38)39)4-2-19(17)15-26/h1-15H,(H,32,34)(H,33,35)(H,36,37)(H,38,39)(H,40,41). The van der Waals surface area contributed by atoms with E-state index in [4.69, 9.17) is 0 Å². The van der Waals surface area contributed by atoms with E-state index >= 15 is 0 Å². The number of carbonyl (C=O) groups excluding carboxylic acids is 2. The van der Waals surface area contributed by atoms with Crippen LogP contribution in [0.1, 0.15) is 51.8 Å². The van der Waals surface area contributed by atoms with Gasteiger partial charge in [0.25, 0.3) is 11.8 Å². The van der Waals surface area contributed by atoms with Crippen molar-refractivity contribution in [3.63, 3.8) is 0 Å². The number of amides is 2. The van der Waals surface area contributed by atoms with Crippen molar-refractivity contribution < 1.29 is 39.3 Å². The molecule has 0 spiro atoms. The lowest BCUT2D eigenvalue weighted by atomic mass is 10.0. The lowest BCUT2D eigenvalue weighted by Crippen LogP contribution is -2.17. The first-order chi connectivity index (χ1) is 19.6. The van der Waals surface area contributed by atoms with Crippen molar-refractivity contribution in [1.82, 2.24) is 0 Å². The molecule has 0 aliphatic heterocycles. The average Bonchev–Trinajstić information content (AvgIpc) is 2.96. The maximum absolute atomic E-state index is 13.1. The summed E-state index contributed by atoms with van der Waals surface area (Å²) in [6.07, 6.45) is 0. The van der Waals surface area contributed by atoms with Crippen molar-refractivity contribution in [3.05, 3.63) is 119 Å². The molecule has 10 nitrogen and oxygen atoms in total. The van der Waals surface area contributed by atoms with Gasteiger partial charge in [-0.15, -0.1) is 0 Å². The number of carbonyl (C=O) groups is 5. The molecule has 202 valence electrons. The minimum Gasteiger partial charge on any atom is -0.478 e. The van der Waals surface area contributed by atoms with Crippen molar-refractivity contribution in [1.29, 1.82) is 0 Å². The first-order valence-corrected chi connectivity index (χ1v) is 12.1. The normalized spacial score (nSPS) is 10.7. The van der Waals surface area contributed by atoms with Gasteiger partial charge in [0.15, 0.2) is 0 Å². The summed E-state index contributed by atoms with van der Waals surface area (Å²) in [6, 6.07) is 22.5. The molecule has 41 heavy (non-hydrogen) atoms. The van der Waals surface area contributed by atoms with Crippen LogP contribution in [0.15, 0.2) is 91.0 Å². The van der Waals surface area contributed by atoms with Gasteiger partial charge in [0.1, 0.15) is 0 Å². The minimum atomic E-state index is -1.33. The Bertz CT molecular complexity index is 1800. The van der Waals surface area contributed by atoms with Gasteiger partial charge in [0.05, 0.1) is 16.7 Å². The summed E-state index contributed by atoms with van der Waals surface area (Å²) in [7, 11) is 0. The zero-order valence-electron chi connectivity index (χ0n) is 21.0. The monoisotopic (exact) mass is 548 g/mol. The third-order valence-corrected chi connectivity index (χ3v) is 6.39. The number of nitrogens with one attached hydrogen (secondary N) is 2. The summed E-state index contributed by atoms with van der Waals surface area (Å²) in [5.74, 6) is -4.74. The van der Waals surface area contributed by atoms with Crippen LogP contribution in [-0.4, -0.2) is 45.0 Å². The van der Waals surface area contributed by atoms with Crippen molar-refractivity contribution in [3.8, 4) is 0 Å². The van der Waals surface area contributed by atoms with Gasteiger partial charge in [-0.05, 0) is 88.3 Å². The summed E-state index contributed by atoms with van der Waals surface area (Å²) in [6.45, 7) is 0. The SMILES string of the molecule is O=C(O)c1cc(C(=O)Nc2ccc3cc(C(=O)O)ccc3c2)cc(C(=O)Nc2ccc3cc(C(=O)O)ccc3c2)c1. The zero-order valence-corrected chi connectivity index (χ0v) is 21.0. The zero-order chi connectivity index (χ0) is 29.3. The fraction of sp³-hybridized carbons (Fsp3) is 0. The van der Waals surface area contributed by atoms with E-state index in [1.54, 1.807) is 48.5 Å². The Morgan fingerprint density at radius 3 is 1.12 bits per heavy atom. The Balaban J connectivity index is 1.39. The highest BCUT2D eigenvalue weighted by molar-refractivity contribution is 6.11. The molecule has 5 aromatic rings. The highest BCUT2D eigenvalue weighted by atomic mass is 16.4. The van der Waals surface area contributed by atoms with E-state index in [0.717, 1.165) is 12.1 Å². The van der Waals surface area contributed by atoms with Gasteiger partial charge in [0.2, 0.25) is 0 Å². The van der Waals surface area contributed by atoms with E-state index in [1.807, 2.05) is 0 Å². The molecule has 2 amide bonds. The molecule has 5 rings (SSSR count). The number of fused-ring (bicyclic) bond motifs is 2. The first-order valence-electron chi connectivity index (χ1n) is 12.1. The Morgan fingerprint density at radius 1 is 0.390 bits per heavy atom. The van der Waals surface area contributed by atoms with Gasteiger partial charge in [-0.3, -0.25) is 9.59 Å². The van der Waals surface area contributed by atoms with Gasteiger partial charge < -0.3 is 26.0 Å². The van der Waals surface area contributed by atoms with Crippen LogP contribution in [0.2, 0.25) is 0 Å². The van der Waals surface area contributed by atoms with Crippen LogP contribution < -0.4 is 10.6 Å². The Hall–Kier alpha value is -6.03. The highest BCUT2D eigenvalue weighted by Crippen LogP contribution is 2.24. The molecule has 0 fully saturated rings. The van der Waals surface area contributed by atoms with Crippen LogP contribution in [0.5, 0.6) is 0 Å². The summed E-state index contributed by atoms with van der Waals surface area (Å²) in [4.78, 5) is 60.3. The van der Waals surface area contributed by atoms with E-state index in [2.05, 4.69) is 10.6 Å². The molecular formula is C31H20N2O8. The molecule has 0 bridgehead atoms. The molecule has 0 unspecified atom stereocenters. The molecule has 5 aromatic carbocycles. The predicted molar refractivity (Wildman–Crippen MR) is 151 cm³/mol. The third kappa shape index (κ3) is 5.71. The number of hydrogen-bond donors (Lipinski definition) is 5. The summed E-state index contributed by atoms with van der Waals surface area (Å²) >= 11 is 0. The second-order valence-corrected chi connectivity index (χ2v) is 9.18. The number of anilines is 2. The van der Waals surface area contributed by atoms with Crippen molar-refractivity contribution in [2.75, 3.05) is 10.6 Å². The van der Waals surface area contributed by atoms with Gasteiger partial charge in [-0.25, -0.2) is 14.4 Å². The van der Waals surface area contributed by atoms with Gasteiger partial charge >= 0.3 is 17.9 Å². The van der Waals surface area contributed by atoms with E-state index in [-0.39, 0.29) is 27.8 Å². The summed E-state index contributed by atoms with van der Waals surface area (Å²) in [5.41, 5.74) is 0.650. The maximum Gasteiger partial charge on any atom is 0.335 e. The van der Waals surface area contributed by atoms with Gasteiger partial charge in [-0.1, -0.05) is 24.3 Å². The van der Waals surface area contributed by atoms with E-state index < -0.39 is 29.7 Å². The Labute approximate surface area is 231 Å². The molecule has 0 atom stereocenters. The number of carboxylic acids is 3. The lowest BCUT2D eigenvalue weighted by molar-refractivity contribution is 0.0686. The number of benzene rings is 5. The molecule has 0 heterocycles. The first kappa shape index (κ1) is 26.6. The summed E-state index contributed by atoms with van der Waals surface area (Å²) in [5, 5.41) is 36.0. The second kappa shape index (κ2) is 10.6. The number of hydrogen-bond acceptors (Lipinski definition) is 5. The van der Waals surface area contributed by atoms with Crippen LogP contribution >= 0.6 is 0 Å². The number of rotatable bonds is 7. The van der Waals surface area contributed by atoms with Gasteiger partial charge in [0, 0.05) is 22.5 Å². The molecule has 0 saturated heterocycles. The quantitative estimate of drug-likeness (QED) is 0.175. The average molecular weight is 549 g/mol. The van der Waals surface area contributed by atoms with Crippen LogP contribution in [-0.2, 0) is 0 Å². The largest absolute Gasteiger partial charge is 0.478 e. The van der Waals surface area contributed by atoms with Crippen LogP contribution in [0, 0.1) is 0 Å². The minimum absolute atomic E-state index is 0.0592. The summed E-state index contributed by atoms with van der Waals surface area (Å²) < 4.78 is 0. The fourth-order valence-corrected chi connectivity index (χ4v) is 4.33. The van der Waals surface area contributed by atoms with Crippen LogP contribution in [0.25, 0.3) is 21.5 Å². The molecular weight excluding hydrogens is 528 g/mol.